The normalized spacial score (nSPS) is 17.6. The molecule has 1 amide bonds. The molecule has 3 aromatic rings. The van der Waals surface area contributed by atoms with Gasteiger partial charge in [-0.25, -0.2) is 9.97 Å². The molecule has 0 bridgehead atoms. The minimum absolute atomic E-state index is 0.0326. The summed E-state index contributed by atoms with van der Waals surface area (Å²) in [5.41, 5.74) is 1.88. The number of anilines is 1. The summed E-state index contributed by atoms with van der Waals surface area (Å²) in [4.78, 5) is 28.6. The Morgan fingerprint density at radius 3 is 2.94 bits per heavy atom. The summed E-state index contributed by atoms with van der Waals surface area (Å²) in [7, 11) is 0. The Hall–Kier alpha value is -3.62. The first-order valence-electron chi connectivity index (χ1n) is 11.4. The van der Waals surface area contributed by atoms with Crippen LogP contribution < -0.4 is 19.7 Å². The average molecular weight is 449 g/mol. The van der Waals surface area contributed by atoms with Crippen molar-refractivity contribution >= 4 is 11.7 Å². The van der Waals surface area contributed by atoms with Crippen molar-refractivity contribution in [3.63, 3.8) is 0 Å². The number of nitrogens with zero attached hydrogens (tertiary/aromatic N) is 5. The molecule has 2 aromatic heterocycles. The first kappa shape index (κ1) is 21.2. The van der Waals surface area contributed by atoms with Crippen molar-refractivity contribution in [2.45, 2.75) is 51.6 Å². The minimum atomic E-state index is 0.0326. The molecule has 1 fully saturated rings. The first-order chi connectivity index (χ1) is 16.2. The molecule has 0 spiro atoms. The van der Waals surface area contributed by atoms with Crippen molar-refractivity contribution in [1.82, 2.24) is 24.8 Å². The van der Waals surface area contributed by atoms with Crippen LogP contribution in [-0.2, 0) is 11.3 Å². The number of aryl methyl sites for hydroxylation is 1. The Bertz CT molecular complexity index is 1120. The fourth-order valence-corrected chi connectivity index (χ4v) is 4.41. The molecule has 0 radical (unpaired) electrons. The van der Waals surface area contributed by atoms with E-state index in [4.69, 9.17) is 14.5 Å². The van der Waals surface area contributed by atoms with E-state index < -0.39 is 0 Å². The SMILES string of the molecule is Cc1cc(N2CCCCCC2CC(=O)NCc2ccc3c(c2)OCO3)nc(-n2ccnc2)n1. The van der Waals surface area contributed by atoms with Gasteiger partial charge in [-0.2, -0.15) is 4.98 Å². The van der Waals surface area contributed by atoms with Crippen molar-refractivity contribution in [2.75, 3.05) is 18.2 Å². The Labute approximate surface area is 192 Å². The van der Waals surface area contributed by atoms with Crippen LogP contribution in [0.2, 0.25) is 0 Å². The van der Waals surface area contributed by atoms with Crippen LogP contribution >= 0.6 is 0 Å². The molecule has 1 aromatic carbocycles. The van der Waals surface area contributed by atoms with Crippen molar-refractivity contribution in [2.24, 2.45) is 0 Å². The third kappa shape index (κ3) is 4.92. The van der Waals surface area contributed by atoms with E-state index in [0.29, 0.717) is 18.9 Å². The Balaban J connectivity index is 1.28. The summed E-state index contributed by atoms with van der Waals surface area (Å²) in [5, 5.41) is 3.07. The highest BCUT2D eigenvalue weighted by atomic mass is 16.7. The maximum Gasteiger partial charge on any atom is 0.237 e. The number of hydrogen-bond acceptors (Lipinski definition) is 7. The van der Waals surface area contributed by atoms with Gasteiger partial charge in [0.1, 0.15) is 12.1 Å². The van der Waals surface area contributed by atoms with E-state index in [-0.39, 0.29) is 18.7 Å². The van der Waals surface area contributed by atoms with E-state index >= 15 is 0 Å². The predicted molar refractivity (Wildman–Crippen MR) is 123 cm³/mol. The second kappa shape index (κ2) is 9.48. The van der Waals surface area contributed by atoms with Gasteiger partial charge in [-0.05, 0) is 37.5 Å². The van der Waals surface area contributed by atoms with Gasteiger partial charge in [-0.1, -0.05) is 18.9 Å². The van der Waals surface area contributed by atoms with Crippen molar-refractivity contribution in [3.8, 4) is 17.4 Å². The summed E-state index contributed by atoms with van der Waals surface area (Å²) < 4.78 is 12.6. The molecule has 1 N–H and O–H groups in total. The predicted octanol–water partition coefficient (Wildman–Crippen LogP) is 3.15. The van der Waals surface area contributed by atoms with Gasteiger partial charge in [-0.15, -0.1) is 0 Å². The number of hydrogen-bond donors (Lipinski definition) is 1. The maximum atomic E-state index is 12.9. The van der Waals surface area contributed by atoms with Crippen LogP contribution in [0.25, 0.3) is 5.95 Å². The molecule has 172 valence electrons. The summed E-state index contributed by atoms with van der Waals surface area (Å²) >= 11 is 0. The molecular formula is C24H28N6O3. The second-order valence-electron chi connectivity index (χ2n) is 8.50. The number of nitrogens with one attached hydrogen (secondary N) is 1. The highest BCUT2D eigenvalue weighted by molar-refractivity contribution is 5.77. The van der Waals surface area contributed by atoms with Crippen LogP contribution in [0.4, 0.5) is 5.82 Å². The largest absolute Gasteiger partial charge is 0.454 e. The van der Waals surface area contributed by atoms with Crippen LogP contribution in [0.5, 0.6) is 11.5 Å². The van der Waals surface area contributed by atoms with Gasteiger partial charge in [-0.3, -0.25) is 9.36 Å². The third-order valence-electron chi connectivity index (χ3n) is 6.08. The van der Waals surface area contributed by atoms with Gasteiger partial charge in [0.2, 0.25) is 18.6 Å². The van der Waals surface area contributed by atoms with Crippen LogP contribution in [0.15, 0.2) is 43.0 Å². The van der Waals surface area contributed by atoms with Gasteiger partial charge in [0.05, 0.1) is 0 Å². The van der Waals surface area contributed by atoms with Crippen molar-refractivity contribution in [1.29, 1.82) is 0 Å². The van der Waals surface area contributed by atoms with Gasteiger partial charge in [0, 0.05) is 49.7 Å². The lowest BCUT2D eigenvalue weighted by molar-refractivity contribution is -0.121. The maximum absolute atomic E-state index is 12.9. The van der Waals surface area contributed by atoms with E-state index in [1.807, 2.05) is 37.4 Å². The van der Waals surface area contributed by atoms with Gasteiger partial charge in [0.25, 0.3) is 0 Å². The average Bonchev–Trinajstić information content (AvgIpc) is 3.46. The standard InChI is InChI=1S/C24H28N6O3/c1-17-11-22(28-24(27-17)29-10-8-25-15-29)30-9-4-2-3-5-19(30)13-23(31)26-14-18-6-7-20-21(12-18)33-16-32-20/h6-8,10-12,15,19H,2-5,9,13-14,16H2,1H3,(H,26,31). The lowest BCUT2D eigenvalue weighted by atomic mass is 10.1. The number of ether oxygens (including phenoxy) is 2. The Morgan fingerprint density at radius 2 is 2.06 bits per heavy atom. The molecule has 9 nitrogen and oxygen atoms in total. The molecule has 1 saturated heterocycles. The molecule has 0 saturated carbocycles. The van der Waals surface area contributed by atoms with E-state index in [2.05, 4.69) is 20.2 Å². The summed E-state index contributed by atoms with van der Waals surface area (Å²) in [6, 6.07) is 7.85. The molecule has 2 aliphatic heterocycles. The molecule has 33 heavy (non-hydrogen) atoms. The van der Waals surface area contributed by atoms with Crippen molar-refractivity contribution < 1.29 is 14.3 Å². The van der Waals surface area contributed by atoms with E-state index in [1.165, 1.54) is 0 Å². The molecule has 1 atom stereocenters. The first-order valence-corrected chi connectivity index (χ1v) is 11.4. The number of carbonyl (C=O) groups excluding carboxylic acids is 1. The zero-order valence-corrected chi connectivity index (χ0v) is 18.7. The van der Waals surface area contributed by atoms with Gasteiger partial charge >= 0.3 is 0 Å². The van der Waals surface area contributed by atoms with Crippen LogP contribution in [0.1, 0.15) is 43.4 Å². The van der Waals surface area contributed by atoms with E-state index in [0.717, 1.165) is 60.8 Å². The molecule has 0 aliphatic carbocycles. The lowest BCUT2D eigenvalue weighted by Crippen LogP contribution is -2.40. The smallest absolute Gasteiger partial charge is 0.237 e. The molecular weight excluding hydrogens is 420 g/mol. The number of aromatic nitrogens is 4. The third-order valence-corrected chi connectivity index (χ3v) is 6.08. The van der Waals surface area contributed by atoms with Gasteiger partial charge < -0.3 is 19.7 Å². The zero-order chi connectivity index (χ0) is 22.6. The summed E-state index contributed by atoms with van der Waals surface area (Å²) in [6.45, 7) is 3.55. The Kier molecular flexibility index (Phi) is 6.10. The number of amides is 1. The monoisotopic (exact) mass is 448 g/mol. The topological polar surface area (TPSA) is 94.4 Å². The number of benzene rings is 1. The number of fused-ring (bicyclic) bond motifs is 1. The molecule has 4 heterocycles. The highest BCUT2D eigenvalue weighted by Gasteiger charge is 2.25. The van der Waals surface area contributed by atoms with Crippen LogP contribution in [0.3, 0.4) is 0 Å². The van der Waals surface area contributed by atoms with Crippen molar-refractivity contribution in [3.05, 3.63) is 54.2 Å². The number of rotatable bonds is 6. The fraction of sp³-hybridized carbons (Fsp3) is 0.417. The highest BCUT2D eigenvalue weighted by Crippen LogP contribution is 2.32. The molecule has 5 rings (SSSR count). The molecule has 1 unspecified atom stereocenters. The van der Waals surface area contributed by atoms with E-state index in [9.17, 15) is 4.79 Å². The quantitative estimate of drug-likeness (QED) is 0.619. The zero-order valence-electron chi connectivity index (χ0n) is 18.7. The summed E-state index contributed by atoms with van der Waals surface area (Å²) in [6.07, 6.45) is 9.97. The number of carbonyl (C=O) groups is 1. The fourth-order valence-electron chi connectivity index (χ4n) is 4.41. The van der Waals surface area contributed by atoms with Crippen LogP contribution in [0, 0.1) is 6.92 Å². The molecule has 2 aliphatic rings. The summed E-state index contributed by atoms with van der Waals surface area (Å²) in [5.74, 6) is 2.96. The Morgan fingerprint density at radius 1 is 1.15 bits per heavy atom. The van der Waals surface area contributed by atoms with E-state index in [1.54, 1.807) is 17.1 Å². The molecule has 9 heteroatoms. The lowest BCUT2D eigenvalue weighted by Gasteiger charge is -2.31. The van der Waals surface area contributed by atoms with Crippen LogP contribution in [-0.4, -0.2) is 44.8 Å². The second-order valence-corrected chi connectivity index (χ2v) is 8.50. The number of imidazole rings is 1. The minimum Gasteiger partial charge on any atom is -0.454 e. The van der Waals surface area contributed by atoms with Gasteiger partial charge in [0.15, 0.2) is 11.5 Å².